The highest BCUT2D eigenvalue weighted by atomic mass is 16.5. The molecule has 1 fully saturated rings. The Morgan fingerprint density at radius 2 is 1.76 bits per heavy atom. The molecule has 17 heavy (non-hydrogen) atoms. The van der Waals surface area contributed by atoms with Gasteiger partial charge in [0, 0.05) is 12.6 Å². The van der Waals surface area contributed by atoms with Crippen LogP contribution in [0.3, 0.4) is 0 Å². The van der Waals surface area contributed by atoms with Crippen molar-refractivity contribution in [3.05, 3.63) is 23.8 Å². The summed E-state index contributed by atoms with van der Waals surface area (Å²) in [5.74, 6) is 2.59. The van der Waals surface area contributed by atoms with Crippen molar-refractivity contribution in [3.8, 4) is 11.5 Å². The lowest BCUT2D eigenvalue weighted by Gasteiger charge is -2.25. The van der Waals surface area contributed by atoms with Gasteiger partial charge in [0.15, 0.2) is 0 Å². The summed E-state index contributed by atoms with van der Waals surface area (Å²) in [6.45, 7) is 2.00. The Kier molecular flexibility index (Phi) is 4.26. The highest BCUT2D eigenvalue weighted by molar-refractivity contribution is 5.38. The predicted octanol–water partition coefficient (Wildman–Crippen LogP) is 2.59. The first-order chi connectivity index (χ1) is 8.31. The number of hydrogen-bond acceptors (Lipinski definition) is 3. The van der Waals surface area contributed by atoms with Crippen LogP contribution in [0.5, 0.6) is 11.5 Å². The van der Waals surface area contributed by atoms with Gasteiger partial charge in [0.25, 0.3) is 0 Å². The van der Waals surface area contributed by atoms with Gasteiger partial charge in [0.1, 0.15) is 11.5 Å². The highest BCUT2D eigenvalue weighted by Crippen LogP contribution is 2.26. The maximum absolute atomic E-state index is 5.25. The van der Waals surface area contributed by atoms with Gasteiger partial charge in [-0.2, -0.15) is 0 Å². The van der Waals surface area contributed by atoms with Crippen molar-refractivity contribution in [1.29, 1.82) is 0 Å². The van der Waals surface area contributed by atoms with Gasteiger partial charge < -0.3 is 14.8 Å². The van der Waals surface area contributed by atoms with E-state index < -0.39 is 0 Å². The first kappa shape index (κ1) is 12.2. The average Bonchev–Trinajstić information content (AvgIpc) is 2.31. The fraction of sp³-hybridized carbons (Fsp3) is 0.571. The molecule has 1 aliphatic carbocycles. The molecule has 0 heterocycles. The molecule has 0 aliphatic heterocycles. The van der Waals surface area contributed by atoms with Crippen molar-refractivity contribution in [2.75, 3.05) is 20.8 Å². The molecule has 1 saturated carbocycles. The second-order valence-corrected chi connectivity index (χ2v) is 4.65. The predicted molar refractivity (Wildman–Crippen MR) is 68.6 cm³/mol. The first-order valence-electron chi connectivity index (χ1n) is 6.24. The van der Waals surface area contributed by atoms with Gasteiger partial charge in [0.05, 0.1) is 14.2 Å². The summed E-state index contributed by atoms with van der Waals surface area (Å²) in [4.78, 5) is 0. The van der Waals surface area contributed by atoms with Crippen LogP contribution < -0.4 is 14.8 Å². The minimum Gasteiger partial charge on any atom is -0.497 e. The maximum Gasteiger partial charge on any atom is 0.122 e. The molecule has 1 N–H and O–H groups in total. The van der Waals surface area contributed by atoms with E-state index in [0.717, 1.165) is 30.5 Å². The molecule has 1 aromatic carbocycles. The van der Waals surface area contributed by atoms with E-state index in [1.807, 2.05) is 6.07 Å². The van der Waals surface area contributed by atoms with Crippen molar-refractivity contribution >= 4 is 0 Å². The van der Waals surface area contributed by atoms with Crippen LogP contribution in [0.4, 0.5) is 0 Å². The number of methoxy groups -OCH3 is 2. The van der Waals surface area contributed by atoms with Crippen molar-refractivity contribution < 1.29 is 9.47 Å². The maximum atomic E-state index is 5.25. The van der Waals surface area contributed by atoms with Crippen molar-refractivity contribution in [3.63, 3.8) is 0 Å². The third-order valence-corrected chi connectivity index (χ3v) is 3.40. The van der Waals surface area contributed by atoms with Crippen molar-refractivity contribution in [1.82, 2.24) is 5.32 Å². The van der Waals surface area contributed by atoms with E-state index in [1.54, 1.807) is 14.2 Å². The first-order valence-corrected chi connectivity index (χ1v) is 6.24. The van der Waals surface area contributed by atoms with Crippen molar-refractivity contribution in [2.45, 2.75) is 25.8 Å². The number of rotatable bonds is 6. The molecule has 0 radical (unpaired) electrons. The zero-order valence-electron chi connectivity index (χ0n) is 10.7. The molecular formula is C14H21NO2. The topological polar surface area (TPSA) is 30.5 Å². The molecule has 3 nitrogen and oxygen atoms in total. The Labute approximate surface area is 103 Å². The molecule has 0 saturated heterocycles. The Hall–Kier alpha value is -1.22. The van der Waals surface area contributed by atoms with Crippen LogP contribution in [0.2, 0.25) is 0 Å². The molecular weight excluding hydrogens is 214 g/mol. The second-order valence-electron chi connectivity index (χ2n) is 4.65. The molecule has 0 atom stereocenters. The lowest BCUT2D eigenvalue weighted by Crippen LogP contribution is -2.26. The fourth-order valence-electron chi connectivity index (χ4n) is 2.09. The lowest BCUT2D eigenvalue weighted by atomic mass is 9.85. The smallest absolute Gasteiger partial charge is 0.122 e. The van der Waals surface area contributed by atoms with Gasteiger partial charge in [-0.3, -0.25) is 0 Å². The minimum absolute atomic E-state index is 0.852. The third-order valence-electron chi connectivity index (χ3n) is 3.40. The van der Waals surface area contributed by atoms with Crippen LogP contribution in [0.1, 0.15) is 24.8 Å². The summed E-state index contributed by atoms with van der Waals surface area (Å²) >= 11 is 0. The van der Waals surface area contributed by atoms with E-state index in [2.05, 4.69) is 17.4 Å². The molecule has 0 bridgehead atoms. The minimum atomic E-state index is 0.852. The monoisotopic (exact) mass is 235 g/mol. The fourth-order valence-corrected chi connectivity index (χ4v) is 2.09. The zero-order valence-corrected chi connectivity index (χ0v) is 10.7. The van der Waals surface area contributed by atoms with Gasteiger partial charge in [0.2, 0.25) is 0 Å². The van der Waals surface area contributed by atoms with E-state index in [-0.39, 0.29) is 0 Å². The van der Waals surface area contributed by atoms with E-state index in [0.29, 0.717) is 0 Å². The van der Waals surface area contributed by atoms with Crippen LogP contribution >= 0.6 is 0 Å². The molecule has 1 aliphatic rings. The van der Waals surface area contributed by atoms with Crippen LogP contribution in [0, 0.1) is 5.92 Å². The summed E-state index contributed by atoms with van der Waals surface area (Å²) < 4.78 is 10.5. The molecule has 94 valence electrons. The van der Waals surface area contributed by atoms with Crippen LogP contribution in [0.25, 0.3) is 0 Å². The van der Waals surface area contributed by atoms with E-state index >= 15 is 0 Å². The molecule has 2 rings (SSSR count). The van der Waals surface area contributed by atoms with Gasteiger partial charge in [-0.15, -0.1) is 0 Å². The molecule has 0 aromatic heterocycles. The largest absolute Gasteiger partial charge is 0.497 e. The number of ether oxygens (including phenoxy) is 2. The van der Waals surface area contributed by atoms with E-state index in [9.17, 15) is 0 Å². The number of hydrogen-bond donors (Lipinski definition) is 1. The van der Waals surface area contributed by atoms with E-state index in [1.165, 1.54) is 24.8 Å². The van der Waals surface area contributed by atoms with Crippen LogP contribution in [-0.4, -0.2) is 20.8 Å². The van der Waals surface area contributed by atoms with Crippen LogP contribution in [0.15, 0.2) is 18.2 Å². The Morgan fingerprint density at radius 1 is 1.12 bits per heavy atom. The summed E-state index contributed by atoms with van der Waals surface area (Å²) in [7, 11) is 3.36. The third kappa shape index (κ3) is 3.37. The molecule has 0 amide bonds. The van der Waals surface area contributed by atoms with Gasteiger partial charge in [-0.1, -0.05) is 6.42 Å². The van der Waals surface area contributed by atoms with Gasteiger partial charge in [-0.25, -0.2) is 0 Å². The van der Waals surface area contributed by atoms with Crippen molar-refractivity contribution in [2.24, 2.45) is 5.92 Å². The Morgan fingerprint density at radius 3 is 2.24 bits per heavy atom. The Bertz CT molecular complexity index is 339. The molecule has 0 unspecified atom stereocenters. The zero-order chi connectivity index (χ0) is 12.1. The molecule has 3 heteroatoms. The molecule has 1 aromatic rings. The Balaban J connectivity index is 1.89. The number of benzene rings is 1. The normalized spacial score (nSPS) is 15.4. The second kappa shape index (κ2) is 5.92. The summed E-state index contributed by atoms with van der Waals surface area (Å²) in [6.07, 6.45) is 4.17. The highest BCUT2D eigenvalue weighted by Gasteiger charge is 2.16. The standard InChI is InChI=1S/C14H21NO2/c1-16-13-6-12(7-14(8-13)17-2)10-15-9-11-4-3-5-11/h6-8,11,15H,3-5,9-10H2,1-2H3. The van der Waals surface area contributed by atoms with Gasteiger partial charge >= 0.3 is 0 Å². The van der Waals surface area contributed by atoms with Gasteiger partial charge in [-0.05, 0) is 43.0 Å². The SMILES string of the molecule is COc1cc(CNCC2CCC2)cc(OC)c1. The molecule has 0 spiro atoms. The van der Waals surface area contributed by atoms with Crippen LogP contribution in [-0.2, 0) is 6.54 Å². The average molecular weight is 235 g/mol. The summed E-state index contributed by atoms with van der Waals surface area (Å²) in [5.41, 5.74) is 1.21. The van der Waals surface area contributed by atoms with E-state index in [4.69, 9.17) is 9.47 Å². The quantitative estimate of drug-likeness (QED) is 0.822. The summed E-state index contributed by atoms with van der Waals surface area (Å²) in [5, 5.41) is 3.50. The lowest BCUT2D eigenvalue weighted by molar-refractivity contribution is 0.301. The number of nitrogens with one attached hydrogen (secondary N) is 1. The summed E-state index contributed by atoms with van der Waals surface area (Å²) in [6, 6.07) is 6.00.